The Kier molecular flexibility index (Phi) is 6.31. The van der Waals surface area contributed by atoms with Crippen LogP contribution in [-0.4, -0.2) is 30.7 Å². The van der Waals surface area contributed by atoms with Crippen LogP contribution in [0.25, 0.3) is 0 Å². The van der Waals surface area contributed by atoms with Crippen molar-refractivity contribution in [3.8, 4) is 0 Å². The average Bonchev–Trinajstić information content (AvgIpc) is 2.20. The summed E-state index contributed by atoms with van der Waals surface area (Å²) in [5.74, 6) is -0.0370. The van der Waals surface area contributed by atoms with Crippen molar-refractivity contribution in [1.82, 2.24) is 10.6 Å². The van der Waals surface area contributed by atoms with Crippen molar-refractivity contribution in [3.05, 3.63) is 12.7 Å². The Morgan fingerprint density at radius 2 is 1.94 bits per heavy atom. The Bertz CT molecular complexity index is 282. The summed E-state index contributed by atoms with van der Waals surface area (Å²) in [6.45, 7) is 11.3. The van der Waals surface area contributed by atoms with Gasteiger partial charge in [-0.05, 0) is 26.7 Å². The summed E-state index contributed by atoms with van der Waals surface area (Å²) in [6.07, 6.45) is 1.16. The summed E-state index contributed by atoms with van der Waals surface area (Å²) in [5.41, 5.74) is -0.558. The van der Waals surface area contributed by atoms with Gasteiger partial charge in [-0.25, -0.2) is 4.79 Å². The van der Waals surface area contributed by atoms with Crippen LogP contribution in [0.5, 0.6) is 0 Å². The van der Waals surface area contributed by atoms with Gasteiger partial charge in [0.25, 0.3) is 0 Å². The van der Waals surface area contributed by atoms with Gasteiger partial charge in [0.05, 0.1) is 6.54 Å². The number of carbonyl (C=O) groups excluding carboxylic acids is 2. The SMILES string of the molecule is C=CC(C)CNC(=O)CNC(=O)OC(C)(C)C. The Labute approximate surface area is 103 Å². The third-order valence-electron chi connectivity index (χ3n) is 1.82. The summed E-state index contributed by atoms with van der Waals surface area (Å²) in [5, 5.41) is 5.05. The molecule has 2 N–H and O–H groups in total. The van der Waals surface area contributed by atoms with Crippen LogP contribution in [0.4, 0.5) is 4.79 Å². The summed E-state index contributed by atoms with van der Waals surface area (Å²) >= 11 is 0. The number of rotatable bonds is 5. The zero-order valence-electron chi connectivity index (χ0n) is 11.0. The lowest BCUT2D eigenvalue weighted by Gasteiger charge is -2.19. The van der Waals surface area contributed by atoms with E-state index in [1.54, 1.807) is 26.8 Å². The lowest BCUT2D eigenvalue weighted by atomic mass is 10.2. The van der Waals surface area contributed by atoms with E-state index in [1.807, 2.05) is 6.92 Å². The predicted octanol–water partition coefficient (Wildman–Crippen LogP) is 1.45. The van der Waals surface area contributed by atoms with Crippen LogP contribution in [0, 0.1) is 5.92 Å². The molecule has 0 bridgehead atoms. The molecule has 0 fully saturated rings. The quantitative estimate of drug-likeness (QED) is 0.717. The molecule has 0 aromatic carbocycles. The summed E-state index contributed by atoms with van der Waals surface area (Å²) in [6, 6.07) is 0. The van der Waals surface area contributed by atoms with Crippen LogP contribution in [0.2, 0.25) is 0 Å². The molecule has 0 aromatic heterocycles. The Morgan fingerprint density at radius 1 is 1.35 bits per heavy atom. The molecule has 0 saturated heterocycles. The van der Waals surface area contributed by atoms with Gasteiger partial charge in [0.1, 0.15) is 5.60 Å². The molecule has 0 heterocycles. The minimum atomic E-state index is -0.593. The van der Waals surface area contributed by atoms with E-state index in [1.165, 1.54) is 0 Å². The normalized spacial score (nSPS) is 12.5. The van der Waals surface area contributed by atoms with Crippen LogP contribution in [0.15, 0.2) is 12.7 Å². The zero-order valence-corrected chi connectivity index (χ0v) is 11.0. The number of nitrogens with one attached hydrogen (secondary N) is 2. The highest BCUT2D eigenvalue weighted by molar-refractivity contribution is 5.82. The third-order valence-corrected chi connectivity index (χ3v) is 1.82. The molecule has 98 valence electrons. The fraction of sp³-hybridized carbons (Fsp3) is 0.667. The molecule has 0 spiro atoms. The Morgan fingerprint density at radius 3 is 2.41 bits per heavy atom. The molecule has 0 aliphatic heterocycles. The van der Waals surface area contributed by atoms with Crippen LogP contribution in [-0.2, 0) is 9.53 Å². The maximum atomic E-state index is 11.3. The first-order valence-corrected chi connectivity index (χ1v) is 5.60. The van der Waals surface area contributed by atoms with E-state index >= 15 is 0 Å². The second-order valence-electron chi connectivity index (χ2n) is 4.87. The highest BCUT2D eigenvalue weighted by atomic mass is 16.6. The monoisotopic (exact) mass is 242 g/mol. The van der Waals surface area contributed by atoms with E-state index < -0.39 is 11.7 Å². The number of ether oxygens (including phenoxy) is 1. The van der Waals surface area contributed by atoms with Crippen LogP contribution >= 0.6 is 0 Å². The predicted molar refractivity (Wildman–Crippen MR) is 66.6 cm³/mol. The van der Waals surface area contributed by atoms with Crippen molar-refractivity contribution in [3.63, 3.8) is 0 Å². The van der Waals surface area contributed by atoms with Gasteiger partial charge in [-0.2, -0.15) is 0 Å². The number of carbonyl (C=O) groups is 2. The van der Waals surface area contributed by atoms with Gasteiger partial charge in [-0.15, -0.1) is 6.58 Å². The highest BCUT2D eigenvalue weighted by Gasteiger charge is 2.16. The van der Waals surface area contributed by atoms with Gasteiger partial charge in [-0.3, -0.25) is 4.79 Å². The smallest absolute Gasteiger partial charge is 0.408 e. The lowest BCUT2D eigenvalue weighted by Crippen LogP contribution is -2.40. The summed E-state index contributed by atoms with van der Waals surface area (Å²) in [4.78, 5) is 22.5. The summed E-state index contributed by atoms with van der Waals surface area (Å²) < 4.78 is 4.99. The molecule has 0 aromatic rings. The van der Waals surface area contributed by atoms with Gasteiger partial charge in [0.15, 0.2) is 0 Å². The number of amides is 2. The molecule has 0 saturated carbocycles. The van der Waals surface area contributed by atoms with E-state index in [0.717, 1.165) is 0 Å². The Balaban J connectivity index is 3.77. The topological polar surface area (TPSA) is 67.4 Å². The van der Waals surface area contributed by atoms with Crippen molar-refractivity contribution in [2.45, 2.75) is 33.3 Å². The van der Waals surface area contributed by atoms with Gasteiger partial charge in [0.2, 0.25) is 5.91 Å². The maximum Gasteiger partial charge on any atom is 0.408 e. The van der Waals surface area contributed by atoms with E-state index in [9.17, 15) is 9.59 Å². The molecular weight excluding hydrogens is 220 g/mol. The minimum absolute atomic E-state index is 0.0845. The first kappa shape index (κ1) is 15.5. The summed E-state index contributed by atoms with van der Waals surface area (Å²) in [7, 11) is 0. The highest BCUT2D eigenvalue weighted by Crippen LogP contribution is 2.05. The molecule has 5 nitrogen and oxygen atoms in total. The van der Waals surface area contributed by atoms with Gasteiger partial charge < -0.3 is 15.4 Å². The minimum Gasteiger partial charge on any atom is -0.444 e. The van der Waals surface area contributed by atoms with E-state index in [-0.39, 0.29) is 18.4 Å². The maximum absolute atomic E-state index is 11.3. The second-order valence-corrected chi connectivity index (χ2v) is 4.87. The van der Waals surface area contributed by atoms with Crippen LogP contribution in [0.3, 0.4) is 0 Å². The molecule has 1 atom stereocenters. The van der Waals surface area contributed by atoms with Crippen molar-refractivity contribution in [1.29, 1.82) is 0 Å². The fourth-order valence-corrected chi connectivity index (χ4v) is 0.887. The average molecular weight is 242 g/mol. The standard InChI is InChI=1S/C12H22N2O3/c1-6-9(2)7-13-10(15)8-14-11(16)17-12(3,4)5/h6,9H,1,7-8H2,2-5H3,(H,13,15)(H,14,16). The number of hydrogen-bond acceptors (Lipinski definition) is 3. The molecule has 0 rings (SSSR count). The van der Waals surface area contributed by atoms with Gasteiger partial charge in [-0.1, -0.05) is 13.0 Å². The van der Waals surface area contributed by atoms with Crippen molar-refractivity contribution in [2.75, 3.05) is 13.1 Å². The van der Waals surface area contributed by atoms with Crippen LogP contribution in [0.1, 0.15) is 27.7 Å². The van der Waals surface area contributed by atoms with Crippen molar-refractivity contribution < 1.29 is 14.3 Å². The first-order valence-electron chi connectivity index (χ1n) is 5.60. The molecule has 0 radical (unpaired) electrons. The Hall–Kier alpha value is -1.52. The van der Waals surface area contributed by atoms with E-state index in [4.69, 9.17) is 4.74 Å². The zero-order chi connectivity index (χ0) is 13.5. The molecule has 0 aliphatic carbocycles. The van der Waals surface area contributed by atoms with E-state index in [2.05, 4.69) is 17.2 Å². The molecule has 5 heteroatoms. The molecule has 0 aliphatic rings. The van der Waals surface area contributed by atoms with Gasteiger partial charge in [0, 0.05) is 6.54 Å². The largest absolute Gasteiger partial charge is 0.444 e. The van der Waals surface area contributed by atoms with Crippen molar-refractivity contribution >= 4 is 12.0 Å². The fourth-order valence-electron chi connectivity index (χ4n) is 0.887. The molecule has 1 unspecified atom stereocenters. The lowest BCUT2D eigenvalue weighted by molar-refractivity contribution is -0.120. The number of hydrogen-bond donors (Lipinski definition) is 2. The third kappa shape index (κ3) is 9.41. The number of alkyl carbamates (subject to hydrolysis) is 1. The second kappa shape index (κ2) is 6.93. The molecule has 17 heavy (non-hydrogen) atoms. The first-order chi connectivity index (χ1) is 7.74. The molecular formula is C12H22N2O3. The van der Waals surface area contributed by atoms with Crippen molar-refractivity contribution in [2.24, 2.45) is 5.92 Å². The van der Waals surface area contributed by atoms with Gasteiger partial charge >= 0.3 is 6.09 Å². The molecule has 2 amide bonds. The van der Waals surface area contributed by atoms with E-state index in [0.29, 0.717) is 6.54 Å². The van der Waals surface area contributed by atoms with Crippen LogP contribution < -0.4 is 10.6 Å².